The Balaban J connectivity index is 1.78. The molecule has 5 nitrogen and oxygen atoms in total. The van der Waals surface area contributed by atoms with Crippen LogP contribution in [-0.2, 0) is 18.3 Å². The van der Waals surface area contributed by atoms with Gasteiger partial charge in [0.1, 0.15) is 5.82 Å². The smallest absolute Gasteiger partial charge is 0.190 e. The van der Waals surface area contributed by atoms with Gasteiger partial charge in [-0.05, 0) is 25.8 Å². The van der Waals surface area contributed by atoms with Gasteiger partial charge in [0.05, 0.1) is 6.54 Å². The van der Waals surface area contributed by atoms with Crippen molar-refractivity contribution >= 4 is 11.8 Å². The molecule has 2 heterocycles. The summed E-state index contributed by atoms with van der Waals surface area (Å²) in [7, 11) is 3.94. The first-order chi connectivity index (χ1) is 8.31. The molecule has 17 heavy (non-hydrogen) atoms. The fraction of sp³-hybridized carbons (Fsp3) is 0.818. The molecule has 0 aromatic carbocycles. The fourth-order valence-corrected chi connectivity index (χ4v) is 2.94. The zero-order valence-electron chi connectivity index (χ0n) is 10.5. The van der Waals surface area contributed by atoms with E-state index >= 15 is 0 Å². The summed E-state index contributed by atoms with van der Waals surface area (Å²) in [6, 6.07) is 0. The average molecular weight is 256 g/mol. The van der Waals surface area contributed by atoms with Crippen LogP contribution in [0.1, 0.15) is 18.7 Å². The van der Waals surface area contributed by atoms with Gasteiger partial charge in [-0.2, -0.15) is 0 Å². The first-order valence-corrected chi connectivity index (χ1v) is 7.03. The van der Waals surface area contributed by atoms with E-state index in [1.807, 2.05) is 14.1 Å². The number of ether oxygens (including phenoxy) is 1. The SMILES string of the molecule is CNCc1nnc(SCCC2CCOC2)n1C. The molecule has 1 saturated heterocycles. The summed E-state index contributed by atoms with van der Waals surface area (Å²) < 4.78 is 7.43. The highest BCUT2D eigenvalue weighted by Crippen LogP contribution is 2.22. The third kappa shape index (κ3) is 3.43. The maximum atomic E-state index is 5.37. The van der Waals surface area contributed by atoms with Crippen LogP contribution in [0, 0.1) is 5.92 Å². The number of hydrogen-bond donors (Lipinski definition) is 1. The second kappa shape index (κ2) is 6.37. The van der Waals surface area contributed by atoms with Gasteiger partial charge in [0.25, 0.3) is 0 Å². The minimum atomic E-state index is 0.743. The Kier molecular flexibility index (Phi) is 4.82. The lowest BCUT2D eigenvalue weighted by atomic mass is 10.1. The van der Waals surface area contributed by atoms with Crippen molar-refractivity contribution in [1.82, 2.24) is 20.1 Å². The molecule has 1 N–H and O–H groups in total. The van der Waals surface area contributed by atoms with Gasteiger partial charge in [-0.1, -0.05) is 11.8 Å². The quantitative estimate of drug-likeness (QED) is 0.771. The van der Waals surface area contributed by atoms with Crippen LogP contribution in [0.25, 0.3) is 0 Å². The van der Waals surface area contributed by atoms with Crippen molar-refractivity contribution in [2.24, 2.45) is 13.0 Å². The topological polar surface area (TPSA) is 52.0 Å². The Morgan fingerprint density at radius 2 is 2.41 bits per heavy atom. The van der Waals surface area contributed by atoms with Gasteiger partial charge in [-0.15, -0.1) is 10.2 Å². The molecule has 96 valence electrons. The first kappa shape index (κ1) is 12.9. The van der Waals surface area contributed by atoms with Crippen molar-refractivity contribution in [3.8, 4) is 0 Å². The Morgan fingerprint density at radius 3 is 3.12 bits per heavy atom. The third-order valence-corrected chi connectivity index (χ3v) is 4.09. The Labute approximate surface area is 106 Å². The minimum Gasteiger partial charge on any atom is -0.381 e. The van der Waals surface area contributed by atoms with Crippen LogP contribution in [0.3, 0.4) is 0 Å². The lowest BCUT2D eigenvalue weighted by Crippen LogP contribution is -2.10. The normalized spacial score (nSPS) is 20.0. The molecule has 1 aromatic rings. The molecule has 1 fully saturated rings. The van der Waals surface area contributed by atoms with Gasteiger partial charge in [-0.25, -0.2) is 0 Å². The van der Waals surface area contributed by atoms with E-state index in [4.69, 9.17) is 4.74 Å². The number of thioether (sulfide) groups is 1. The molecule has 1 aliphatic rings. The van der Waals surface area contributed by atoms with Gasteiger partial charge < -0.3 is 14.6 Å². The van der Waals surface area contributed by atoms with E-state index in [1.165, 1.54) is 12.8 Å². The van der Waals surface area contributed by atoms with E-state index < -0.39 is 0 Å². The highest BCUT2D eigenvalue weighted by molar-refractivity contribution is 7.99. The van der Waals surface area contributed by atoms with Gasteiger partial charge in [0, 0.05) is 26.0 Å². The highest BCUT2D eigenvalue weighted by Gasteiger charge is 2.16. The predicted octanol–water partition coefficient (Wildman–Crippen LogP) is 1.05. The van der Waals surface area contributed by atoms with Crippen LogP contribution in [0.5, 0.6) is 0 Å². The molecular weight excluding hydrogens is 236 g/mol. The summed E-state index contributed by atoms with van der Waals surface area (Å²) in [6.45, 7) is 2.64. The summed E-state index contributed by atoms with van der Waals surface area (Å²) in [6.07, 6.45) is 2.42. The highest BCUT2D eigenvalue weighted by atomic mass is 32.2. The van der Waals surface area contributed by atoms with Gasteiger partial charge in [0.15, 0.2) is 5.16 Å². The second-order valence-corrected chi connectivity index (χ2v) is 5.42. The van der Waals surface area contributed by atoms with E-state index in [2.05, 4.69) is 20.1 Å². The zero-order valence-corrected chi connectivity index (χ0v) is 11.3. The van der Waals surface area contributed by atoms with Crippen molar-refractivity contribution in [2.75, 3.05) is 26.0 Å². The van der Waals surface area contributed by atoms with Crippen molar-refractivity contribution in [3.63, 3.8) is 0 Å². The lowest BCUT2D eigenvalue weighted by molar-refractivity contribution is 0.185. The number of aromatic nitrogens is 3. The number of nitrogens with zero attached hydrogens (tertiary/aromatic N) is 3. The molecule has 0 aliphatic carbocycles. The van der Waals surface area contributed by atoms with Gasteiger partial charge >= 0.3 is 0 Å². The molecule has 1 atom stereocenters. The van der Waals surface area contributed by atoms with Crippen LogP contribution in [-0.4, -0.2) is 40.8 Å². The van der Waals surface area contributed by atoms with Crippen LogP contribution in [0.15, 0.2) is 5.16 Å². The molecule has 1 aliphatic heterocycles. The van der Waals surface area contributed by atoms with Crippen LogP contribution in [0.2, 0.25) is 0 Å². The van der Waals surface area contributed by atoms with E-state index in [0.717, 1.165) is 42.4 Å². The Hall–Kier alpha value is -0.590. The molecular formula is C11H20N4OS. The van der Waals surface area contributed by atoms with Crippen LogP contribution in [0.4, 0.5) is 0 Å². The molecule has 0 bridgehead atoms. The predicted molar refractivity (Wildman–Crippen MR) is 68.0 cm³/mol. The average Bonchev–Trinajstić information content (AvgIpc) is 2.94. The number of rotatable bonds is 6. The summed E-state index contributed by atoms with van der Waals surface area (Å²) in [5.74, 6) is 2.83. The maximum Gasteiger partial charge on any atom is 0.190 e. The Morgan fingerprint density at radius 1 is 1.53 bits per heavy atom. The second-order valence-electron chi connectivity index (χ2n) is 4.35. The van der Waals surface area contributed by atoms with E-state index in [9.17, 15) is 0 Å². The summed E-state index contributed by atoms with van der Waals surface area (Å²) >= 11 is 1.79. The van der Waals surface area contributed by atoms with Crippen molar-refractivity contribution < 1.29 is 4.74 Å². The molecule has 0 spiro atoms. The number of hydrogen-bond acceptors (Lipinski definition) is 5. The first-order valence-electron chi connectivity index (χ1n) is 6.04. The lowest BCUT2D eigenvalue weighted by Gasteiger charge is -2.06. The summed E-state index contributed by atoms with van der Waals surface area (Å²) in [4.78, 5) is 0. The van der Waals surface area contributed by atoms with Crippen molar-refractivity contribution in [3.05, 3.63) is 5.82 Å². The van der Waals surface area contributed by atoms with Crippen molar-refractivity contribution in [2.45, 2.75) is 24.5 Å². The summed E-state index contributed by atoms with van der Waals surface area (Å²) in [5, 5.41) is 12.5. The molecule has 0 amide bonds. The molecule has 0 saturated carbocycles. The van der Waals surface area contributed by atoms with E-state index in [1.54, 1.807) is 11.8 Å². The Bertz CT molecular complexity index is 349. The molecule has 2 rings (SSSR count). The van der Waals surface area contributed by atoms with Crippen LogP contribution >= 0.6 is 11.8 Å². The standard InChI is InChI=1S/C11H20N4OS/c1-12-7-10-13-14-11(15(10)2)17-6-4-9-3-5-16-8-9/h9,12H,3-8H2,1-2H3. The molecule has 1 aromatic heterocycles. The van der Waals surface area contributed by atoms with Gasteiger partial charge in [-0.3, -0.25) is 0 Å². The third-order valence-electron chi connectivity index (χ3n) is 3.04. The monoisotopic (exact) mass is 256 g/mol. The minimum absolute atomic E-state index is 0.743. The fourth-order valence-electron chi connectivity index (χ4n) is 1.91. The van der Waals surface area contributed by atoms with Crippen molar-refractivity contribution in [1.29, 1.82) is 0 Å². The molecule has 0 radical (unpaired) electrons. The number of nitrogens with one attached hydrogen (secondary N) is 1. The zero-order chi connectivity index (χ0) is 12.1. The van der Waals surface area contributed by atoms with E-state index in [0.29, 0.717) is 0 Å². The van der Waals surface area contributed by atoms with Crippen LogP contribution < -0.4 is 5.32 Å². The van der Waals surface area contributed by atoms with Gasteiger partial charge in [0.2, 0.25) is 0 Å². The van der Waals surface area contributed by atoms with E-state index in [-0.39, 0.29) is 0 Å². The summed E-state index contributed by atoms with van der Waals surface area (Å²) in [5.41, 5.74) is 0. The molecule has 6 heteroatoms. The largest absolute Gasteiger partial charge is 0.381 e. The molecule has 1 unspecified atom stereocenters. The maximum absolute atomic E-state index is 5.37.